The van der Waals surface area contributed by atoms with Crippen molar-refractivity contribution in [1.29, 1.82) is 0 Å². The summed E-state index contributed by atoms with van der Waals surface area (Å²) in [5.74, 6) is -0.867. The summed E-state index contributed by atoms with van der Waals surface area (Å²) in [4.78, 5) is 44.3. The van der Waals surface area contributed by atoms with Gasteiger partial charge in [-0.05, 0) is 42.5 Å². The Morgan fingerprint density at radius 1 is 1.00 bits per heavy atom. The number of carbonyl (C=O) groups excluding carboxylic acids is 1. The number of nitrogens with one attached hydrogen (secondary N) is 2. The van der Waals surface area contributed by atoms with Gasteiger partial charge in [0.1, 0.15) is 6.04 Å². The highest BCUT2D eigenvalue weighted by molar-refractivity contribution is 9.10. The Morgan fingerprint density at radius 3 is 2.43 bits per heavy atom. The minimum Gasteiger partial charge on any atom is -0.360 e. The number of likely N-dealkylation sites (N-methyl/N-ethyl adjacent to an activating group) is 1. The van der Waals surface area contributed by atoms with Crippen molar-refractivity contribution >= 4 is 48.5 Å². The molecule has 178 valence electrons. The van der Waals surface area contributed by atoms with Crippen LogP contribution in [0.1, 0.15) is 11.6 Å². The monoisotopic (exact) mass is 554 g/mol. The number of hydrogen-bond acceptors (Lipinski definition) is 6. The van der Waals surface area contributed by atoms with Crippen LogP contribution in [-0.2, 0) is 14.8 Å². The molecule has 5 rings (SSSR count). The molecule has 2 atom stereocenters. The third kappa shape index (κ3) is 3.86. The Hall–Kier alpha value is -3.70. The van der Waals surface area contributed by atoms with Crippen LogP contribution in [0.2, 0.25) is 0 Å². The number of halogens is 1. The van der Waals surface area contributed by atoms with E-state index in [1.54, 1.807) is 72.6 Å². The summed E-state index contributed by atoms with van der Waals surface area (Å²) in [7, 11) is -2.57. The number of para-hydroxylation sites is 1. The zero-order chi connectivity index (χ0) is 24.9. The third-order valence-electron chi connectivity index (χ3n) is 6.08. The van der Waals surface area contributed by atoms with E-state index < -0.39 is 39.3 Å². The zero-order valence-electron chi connectivity index (χ0n) is 18.3. The summed E-state index contributed by atoms with van der Waals surface area (Å²) < 4.78 is 29.6. The van der Waals surface area contributed by atoms with Crippen LogP contribution in [0.25, 0.3) is 10.9 Å². The zero-order valence-corrected chi connectivity index (χ0v) is 20.7. The molecule has 0 saturated heterocycles. The molecule has 0 aliphatic carbocycles. The van der Waals surface area contributed by atoms with Crippen molar-refractivity contribution in [3.05, 3.63) is 104 Å². The van der Waals surface area contributed by atoms with Gasteiger partial charge < -0.3 is 9.88 Å². The molecule has 2 unspecified atom stereocenters. The van der Waals surface area contributed by atoms with E-state index in [1.807, 2.05) is 0 Å². The largest absolute Gasteiger partial charge is 0.360 e. The highest BCUT2D eigenvalue weighted by atomic mass is 79.9. The molecule has 0 saturated carbocycles. The quantitative estimate of drug-likeness (QED) is 0.399. The van der Waals surface area contributed by atoms with Gasteiger partial charge in [-0.25, -0.2) is 22.5 Å². The molecule has 0 bridgehead atoms. The number of rotatable bonds is 4. The molecule has 3 aromatic carbocycles. The first kappa shape index (κ1) is 23.1. The molecule has 0 radical (unpaired) electrons. The maximum atomic E-state index is 13.5. The molecule has 9 nitrogen and oxygen atoms in total. The molecule has 1 aromatic heterocycles. The van der Waals surface area contributed by atoms with Crippen molar-refractivity contribution in [2.45, 2.75) is 17.0 Å². The summed E-state index contributed by atoms with van der Waals surface area (Å²) in [6.07, 6.45) is 0. The summed E-state index contributed by atoms with van der Waals surface area (Å²) in [6, 6.07) is 17.0. The summed E-state index contributed by atoms with van der Waals surface area (Å²) in [6.45, 7) is 0. The number of aromatic amines is 1. The average Bonchev–Trinajstić information content (AvgIpc) is 3.11. The number of sulfonamides is 1. The minimum absolute atomic E-state index is 0.0773. The van der Waals surface area contributed by atoms with Gasteiger partial charge in [-0.3, -0.25) is 9.59 Å². The smallest absolute Gasteiger partial charge is 0.329 e. The fraction of sp³-hybridized carbons (Fsp3) is 0.125. The van der Waals surface area contributed by atoms with Gasteiger partial charge in [0.05, 0.1) is 21.8 Å². The van der Waals surface area contributed by atoms with Gasteiger partial charge in [-0.2, -0.15) is 0 Å². The number of nitrogens with zero attached hydrogens (tertiary/aromatic N) is 2. The molecular formula is C24H19BrN4O5S. The van der Waals surface area contributed by atoms with E-state index in [9.17, 15) is 22.8 Å². The number of amides is 1. The number of H-pyrrole nitrogens is 1. The Balaban J connectivity index is 1.68. The van der Waals surface area contributed by atoms with E-state index in [1.165, 1.54) is 12.1 Å². The average molecular weight is 555 g/mol. The first-order valence-corrected chi connectivity index (χ1v) is 12.8. The van der Waals surface area contributed by atoms with Crippen LogP contribution in [0.3, 0.4) is 0 Å². The van der Waals surface area contributed by atoms with E-state index in [0.717, 1.165) is 4.57 Å². The first-order valence-electron chi connectivity index (χ1n) is 10.6. The number of aromatic nitrogens is 2. The maximum absolute atomic E-state index is 13.5. The fourth-order valence-electron chi connectivity index (χ4n) is 4.49. The molecule has 1 aliphatic rings. The van der Waals surface area contributed by atoms with Gasteiger partial charge in [0.2, 0.25) is 0 Å². The number of benzene rings is 3. The van der Waals surface area contributed by atoms with Crippen LogP contribution >= 0.6 is 15.9 Å². The summed E-state index contributed by atoms with van der Waals surface area (Å²) >= 11 is 3.41. The molecule has 4 aromatic rings. The van der Waals surface area contributed by atoms with Crippen LogP contribution in [-0.4, -0.2) is 37.0 Å². The van der Waals surface area contributed by atoms with E-state index in [-0.39, 0.29) is 10.3 Å². The van der Waals surface area contributed by atoms with Crippen LogP contribution in [0.4, 0.5) is 5.69 Å². The Bertz CT molecular complexity index is 1700. The second kappa shape index (κ2) is 8.51. The SMILES string of the molecule is CN1c2ccc(Br)cc2C(n2c(=O)[nH]c3ccccc3c2=O)C1C(=O)NS(=O)(=O)c1ccccc1. The van der Waals surface area contributed by atoms with E-state index in [4.69, 9.17) is 0 Å². The minimum atomic E-state index is -4.19. The highest BCUT2D eigenvalue weighted by Crippen LogP contribution is 2.41. The molecule has 0 fully saturated rings. The van der Waals surface area contributed by atoms with Crippen molar-refractivity contribution in [2.75, 3.05) is 11.9 Å². The van der Waals surface area contributed by atoms with Gasteiger partial charge in [-0.15, -0.1) is 0 Å². The van der Waals surface area contributed by atoms with Crippen LogP contribution in [0.5, 0.6) is 0 Å². The van der Waals surface area contributed by atoms with Gasteiger partial charge in [-0.1, -0.05) is 46.3 Å². The van der Waals surface area contributed by atoms with E-state index in [2.05, 4.69) is 25.6 Å². The van der Waals surface area contributed by atoms with Crippen LogP contribution in [0.15, 0.2) is 91.8 Å². The van der Waals surface area contributed by atoms with Gasteiger partial charge in [0.15, 0.2) is 0 Å². The lowest BCUT2D eigenvalue weighted by atomic mass is 10.0. The second-order valence-corrected chi connectivity index (χ2v) is 10.7. The third-order valence-corrected chi connectivity index (χ3v) is 7.93. The molecule has 11 heteroatoms. The molecular weight excluding hydrogens is 536 g/mol. The molecule has 35 heavy (non-hydrogen) atoms. The lowest BCUT2D eigenvalue weighted by Crippen LogP contribution is -2.52. The first-order chi connectivity index (χ1) is 16.7. The van der Waals surface area contributed by atoms with Crippen molar-refractivity contribution in [3.63, 3.8) is 0 Å². The number of carbonyl (C=O) groups is 1. The van der Waals surface area contributed by atoms with Gasteiger partial charge >= 0.3 is 5.69 Å². The molecule has 1 amide bonds. The maximum Gasteiger partial charge on any atom is 0.329 e. The standard InChI is InChI=1S/C24H19BrN4O5S/c1-28-19-12-11-14(25)13-17(19)20(29-23(31)16-9-5-6-10-18(16)26-24(29)32)21(28)22(30)27-35(33,34)15-7-3-2-4-8-15/h2-13,20-21H,1H3,(H,26,32)(H,27,30). The van der Waals surface area contributed by atoms with E-state index in [0.29, 0.717) is 21.2 Å². The van der Waals surface area contributed by atoms with Crippen molar-refractivity contribution in [1.82, 2.24) is 14.3 Å². The van der Waals surface area contributed by atoms with Gasteiger partial charge in [0.25, 0.3) is 21.5 Å². The lowest BCUT2D eigenvalue weighted by Gasteiger charge is -2.26. The molecule has 1 aliphatic heterocycles. The van der Waals surface area contributed by atoms with Crippen LogP contribution < -0.4 is 20.9 Å². The number of anilines is 1. The molecule has 2 heterocycles. The van der Waals surface area contributed by atoms with Crippen molar-refractivity contribution < 1.29 is 13.2 Å². The summed E-state index contributed by atoms with van der Waals surface area (Å²) in [5, 5.41) is 0.272. The Labute approximate surface area is 208 Å². The van der Waals surface area contributed by atoms with Crippen LogP contribution in [0, 0.1) is 0 Å². The normalized spacial score (nSPS) is 17.4. The predicted octanol–water partition coefficient (Wildman–Crippen LogP) is 2.37. The topological polar surface area (TPSA) is 121 Å². The van der Waals surface area contributed by atoms with Crippen molar-refractivity contribution in [3.8, 4) is 0 Å². The molecule has 0 spiro atoms. The van der Waals surface area contributed by atoms with Crippen molar-refractivity contribution in [2.24, 2.45) is 0 Å². The van der Waals surface area contributed by atoms with E-state index >= 15 is 0 Å². The Kier molecular flexibility index (Phi) is 5.60. The lowest BCUT2D eigenvalue weighted by molar-refractivity contribution is -0.121. The number of hydrogen-bond donors (Lipinski definition) is 2. The van der Waals surface area contributed by atoms with Gasteiger partial charge in [0, 0.05) is 22.8 Å². The summed E-state index contributed by atoms with van der Waals surface area (Å²) in [5.41, 5.74) is 0.201. The Morgan fingerprint density at radius 2 is 1.69 bits per heavy atom. The number of fused-ring (bicyclic) bond motifs is 2. The second-order valence-electron chi connectivity index (χ2n) is 8.14. The predicted molar refractivity (Wildman–Crippen MR) is 135 cm³/mol. The highest BCUT2D eigenvalue weighted by Gasteiger charge is 2.45. The fourth-order valence-corrected chi connectivity index (χ4v) is 5.89. The molecule has 2 N–H and O–H groups in total.